The van der Waals surface area contributed by atoms with Crippen molar-refractivity contribution in [2.75, 3.05) is 14.2 Å². The minimum atomic E-state index is 0.272. The Labute approximate surface area is 116 Å². The zero-order valence-corrected chi connectivity index (χ0v) is 12.5. The minimum Gasteiger partial charge on any atom is -0.497 e. The first-order valence-electron chi connectivity index (χ1n) is 7.05. The Morgan fingerprint density at radius 3 is 2.47 bits per heavy atom. The average molecular weight is 263 g/mol. The fourth-order valence-corrected chi connectivity index (χ4v) is 3.28. The lowest BCUT2D eigenvalue weighted by Gasteiger charge is -2.29. The molecule has 1 aromatic rings. The normalized spacial score (nSPS) is 32.3. The van der Waals surface area contributed by atoms with Gasteiger partial charge in [0.05, 0.1) is 19.3 Å². The quantitative estimate of drug-likeness (QED) is 0.906. The molecule has 0 saturated carbocycles. The molecule has 0 aliphatic carbocycles. The van der Waals surface area contributed by atoms with Crippen molar-refractivity contribution >= 4 is 0 Å². The minimum absolute atomic E-state index is 0.272. The Morgan fingerprint density at radius 1 is 1.21 bits per heavy atom. The van der Waals surface area contributed by atoms with Crippen LogP contribution in [0.15, 0.2) is 24.3 Å². The molecule has 1 N–H and O–H groups in total. The summed E-state index contributed by atoms with van der Waals surface area (Å²) in [7, 11) is 3.73. The highest BCUT2D eigenvalue weighted by Crippen LogP contribution is 2.40. The largest absolute Gasteiger partial charge is 0.497 e. The molecule has 0 spiro atoms. The van der Waals surface area contributed by atoms with Gasteiger partial charge in [-0.1, -0.05) is 19.1 Å². The second kappa shape index (κ2) is 5.93. The molecule has 106 valence electrons. The molecule has 0 amide bonds. The van der Waals surface area contributed by atoms with E-state index in [9.17, 15) is 0 Å². The summed E-state index contributed by atoms with van der Waals surface area (Å²) in [5, 5.41) is 3.46. The van der Waals surface area contributed by atoms with Crippen LogP contribution in [0.2, 0.25) is 0 Å². The van der Waals surface area contributed by atoms with E-state index in [1.807, 2.05) is 19.2 Å². The Bertz CT molecular complexity index is 421. The Hall–Kier alpha value is -1.06. The van der Waals surface area contributed by atoms with Gasteiger partial charge in [-0.3, -0.25) is 0 Å². The monoisotopic (exact) mass is 263 g/mol. The highest BCUT2D eigenvalue weighted by Gasteiger charge is 2.41. The van der Waals surface area contributed by atoms with Crippen molar-refractivity contribution in [1.29, 1.82) is 0 Å². The van der Waals surface area contributed by atoms with Gasteiger partial charge in [0, 0.05) is 12.0 Å². The van der Waals surface area contributed by atoms with Crippen molar-refractivity contribution in [1.82, 2.24) is 5.32 Å². The molecule has 0 bridgehead atoms. The van der Waals surface area contributed by atoms with Crippen molar-refractivity contribution in [2.45, 2.75) is 39.0 Å². The van der Waals surface area contributed by atoms with Crippen LogP contribution in [-0.2, 0) is 4.74 Å². The van der Waals surface area contributed by atoms with Crippen LogP contribution in [0.3, 0.4) is 0 Å². The maximum atomic E-state index is 5.98. The number of benzene rings is 1. The first-order chi connectivity index (χ1) is 9.08. The van der Waals surface area contributed by atoms with Gasteiger partial charge < -0.3 is 14.8 Å². The Balaban J connectivity index is 2.28. The molecular weight excluding hydrogens is 238 g/mol. The van der Waals surface area contributed by atoms with Crippen LogP contribution in [0.5, 0.6) is 5.75 Å². The van der Waals surface area contributed by atoms with Crippen LogP contribution in [0, 0.1) is 11.8 Å². The smallest absolute Gasteiger partial charge is 0.119 e. The molecule has 1 fully saturated rings. The van der Waals surface area contributed by atoms with Crippen molar-refractivity contribution in [3.63, 3.8) is 0 Å². The third-order valence-corrected chi connectivity index (χ3v) is 4.47. The van der Waals surface area contributed by atoms with Crippen LogP contribution in [0.4, 0.5) is 0 Å². The number of methoxy groups -OCH3 is 1. The number of rotatable bonds is 4. The number of hydrogen-bond donors (Lipinski definition) is 1. The molecule has 19 heavy (non-hydrogen) atoms. The van der Waals surface area contributed by atoms with Crippen molar-refractivity contribution in [3.8, 4) is 5.75 Å². The topological polar surface area (TPSA) is 30.5 Å². The predicted octanol–water partition coefficient (Wildman–Crippen LogP) is 3.02. The second-order valence-electron chi connectivity index (χ2n) is 5.53. The van der Waals surface area contributed by atoms with E-state index in [1.54, 1.807) is 7.11 Å². The van der Waals surface area contributed by atoms with Crippen molar-refractivity contribution in [3.05, 3.63) is 29.8 Å². The fourth-order valence-electron chi connectivity index (χ4n) is 3.28. The standard InChI is InChI=1S/C16H25NO2/c1-10-11(2)19-12(3)15(10)16(17-4)13-7-6-8-14(9-13)18-5/h6-12,15-17H,1-5H3. The maximum absolute atomic E-state index is 5.98. The van der Waals surface area contributed by atoms with Crippen LogP contribution >= 0.6 is 0 Å². The molecule has 1 saturated heterocycles. The van der Waals surface area contributed by atoms with E-state index in [2.05, 4.69) is 38.2 Å². The lowest BCUT2D eigenvalue weighted by molar-refractivity contribution is 0.0478. The van der Waals surface area contributed by atoms with E-state index < -0.39 is 0 Å². The molecule has 5 unspecified atom stereocenters. The average Bonchev–Trinajstić information content (AvgIpc) is 2.66. The van der Waals surface area contributed by atoms with Gasteiger partial charge in [0.2, 0.25) is 0 Å². The maximum Gasteiger partial charge on any atom is 0.119 e. The van der Waals surface area contributed by atoms with Gasteiger partial charge in [0.25, 0.3) is 0 Å². The zero-order chi connectivity index (χ0) is 14.0. The van der Waals surface area contributed by atoms with E-state index >= 15 is 0 Å². The van der Waals surface area contributed by atoms with Crippen LogP contribution in [-0.4, -0.2) is 26.4 Å². The molecule has 3 nitrogen and oxygen atoms in total. The Kier molecular flexibility index (Phi) is 4.48. The molecule has 1 aliphatic heterocycles. The van der Waals surface area contributed by atoms with Crippen molar-refractivity contribution in [2.24, 2.45) is 11.8 Å². The summed E-state index contributed by atoms with van der Waals surface area (Å²) in [5.41, 5.74) is 1.27. The first-order valence-corrected chi connectivity index (χ1v) is 7.05. The lowest BCUT2D eigenvalue weighted by atomic mass is 9.80. The second-order valence-corrected chi connectivity index (χ2v) is 5.53. The van der Waals surface area contributed by atoms with E-state index in [0.717, 1.165) is 5.75 Å². The van der Waals surface area contributed by atoms with Gasteiger partial charge >= 0.3 is 0 Å². The molecule has 3 heteroatoms. The van der Waals surface area contributed by atoms with Gasteiger partial charge in [0.1, 0.15) is 5.75 Å². The van der Waals surface area contributed by atoms with E-state index in [1.165, 1.54) is 5.56 Å². The molecule has 2 rings (SSSR count). The summed E-state index contributed by atoms with van der Waals surface area (Å²) in [4.78, 5) is 0. The fraction of sp³-hybridized carbons (Fsp3) is 0.625. The van der Waals surface area contributed by atoms with Crippen LogP contribution in [0.25, 0.3) is 0 Å². The lowest BCUT2D eigenvalue weighted by Crippen LogP contribution is -2.33. The number of nitrogens with one attached hydrogen (secondary N) is 1. The van der Waals surface area contributed by atoms with Gasteiger partial charge in [-0.05, 0) is 44.5 Å². The van der Waals surface area contributed by atoms with Gasteiger partial charge in [-0.2, -0.15) is 0 Å². The molecule has 1 heterocycles. The molecule has 5 atom stereocenters. The number of hydrogen-bond acceptors (Lipinski definition) is 3. The SMILES string of the molecule is CNC(c1cccc(OC)c1)C1C(C)OC(C)C1C. The van der Waals surface area contributed by atoms with Crippen LogP contribution in [0.1, 0.15) is 32.4 Å². The Morgan fingerprint density at radius 2 is 1.95 bits per heavy atom. The molecule has 1 aliphatic rings. The van der Waals surface area contributed by atoms with Gasteiger partial charge in [-0.25, -0.2) is 0 Å². The summed E-state index contributed by atoms with van der Waals surface area (Å²) >= 11 is 0. The third-order valence-electron chi connectivity index (χ3n) is 4.47. The molecular formula is C16H25NO2. The summed E-state index contributed by atoms with van der Waals surface area (Å²) < 4.78 is 11.3. The molecule has 0 radical (unpaired) electrons. The molecule has 0 aromatic heterocycles. The van der Waals surface area contributed by atoms with E-state index in [4.69, 9.17) is 9.47 Å². The van der Waals surface area contributed by atoms with Gasteiger partial charge in [0.15, 0.2) is 0 Å². The molecule has 1 aromatic carbocycles. The predicted molar refractivity (Wildman–Crippen MR) is 77.5 cm³/mol. The third kappa shape index (κ3) is 2.77. The first kappa shape index (κ1) is 14.4. The van der Waals surface area contributed by atoms with Gasteiger partial charge in [-0.15, -0.1) is 0 Å². The van der Waals surface area contributed by atoms with E-state index in [0.29, 0.717) is 24.0 Å². The summed E-state index contributed by atoms with van der Waals surface area (Å²) in [6.45, 7) is 6.62. The highest BCUT2D eigenvalue weighted by atomic mass is 16.5. The highest BCUT2D eigenvalue weighted by molar-refractivity contribution is 5.31. The summed E-state index contributed by atoms with van der Waals surface area (Å²) in [5.74, 6) is 1.93. The van der Waals surface area contributed by atoms with Crippen molar-refractivity contribution < 1.29 is 9.47 Å². The van der Waals surface area contributed by atoms with E-state index in [-0.39, 0.29) is 6.10 Å². The number of ether oxygens (including phenoxy) is 2. The summed E-state index contributed by atoms with van der Waals surface area (Å²) in [6.07, 6.45) is 0.593. The summed E-state index contributed by atoms with van der Waals surface area (Å²) in [6, 6.07) is 8.60. The zero-order valence-electron chi connectivity index (χ0n) is 12.5. The van der Waals surface area contributed by atoms with Crippen LogP contribution < -0.4 is 10.1 Å².